The van der Waals surface area contributed by atoms with Crippen molar-refractivity contribution in [3.8, 4) is 0 Å². The average Bonchev–Trinajstić information content (AvgIpc) is 2.37. The van der Waals surface area contributed by atoms with Gasteiger partial charge < -0.3 is 10.6 Å². The van der Waals surface area contributed by atoms with Gasteiger partial charge in [-0.25, -0.2) is 13.1 Å². The minimum atomic E-state index is -3.64. The normalized spacial score (nSPS) is 25.9. The van der Waals surface area contributed by atoms with E-state index in [1.807, 2.05) is 0 Å². The summed E-state index contributed by atoms with van der Waals surface area (Å²) in [6.07, 6.45) is 3.83. The molecule has 0 heterocycles. The van der Waals surface area contributed by atoms with Crippen molar-refractivity contribution >= 4 is 15.9 Å². The summed E-state index contributed by atoms with van der Waals surface area (Å²) in [5, 5.41) is -1.07. The first-order valence-corrected chi connectivity index (χ1v) is 8.26. The first-order chi connectivity index (χ1) is 8.79. The molecule has 1 aliphatic carbocycles. The Labute approximate surface area is 115 Å². The summed E-state index contributed by atoms with van der Waals surface area (Å²) in [4.78, 5) is 13.1. The topological polar surface area (TPSA) is 92.5 Å². The third kappa shape index (κ3) is 4.15. The fourth-order valence-corrected chi connectivity index (χ4v) is 3.87. The van der Waals surface area contributed by atoms with Crippen LogP contribution in [0, 0.1) is 5.92 Å². The quantitative estimate of drug-likeness (QED) is 0.740. The zero-order chi connectivity index (χ0) is 14.6. The number of hydrogen-bond acceptors (Lipinski definition) is 4. The summed E-state index contributed by atoms with van der Waals surface area (Å²) in [6, 6.07) is -0.138. The zero-order valence-corrected chi connectivity index (χ0v) is 12.7. The molecule has 3 unspecified atom stereocenters. The van der Waals surface area contributed by atoms with Gasteiger partial charge in [-0.2, -0.15) is 0 Å². The number of amides is 1. The van der Waals surface area contributed by atoms with E-state index in [-0.39, 0.29) is 12.0 Å². The van der Waals surface area contributed by atoms with Crippen LogP contribution in [0.5, 0.6) is 0 Å². The molecule has 0 spiro atoms. The Bertz CT molecular complexity index is 408. The Morgan fingerprint density at radius 3 is 2.47 bits per heavy atom. The third-order valence-electron chi connectivity index (χ3n) is 3.78. The van der Waals surface area contributed by atoms with E-state index < -0.39 is 21.2 Å². The van der Waals surface area contributed by atoms with E-state index in [1.54, 1.807) is 14.1 Å². The van der Waals surface area contributed by atoms with Crippen molar-refractivity contribution in [1.82, 2.24) is 9.62 Å². The molecule has 0 aromatic carbocycles. The molecule has 3 atom stereocenters. The highest BCUT2D eigenvalue weighted by Crippen LogP contribution is 2.24. The first-order valence-electron chi connectivity index (χ1n) is 6.72. The molecule has 0 aliphatic heterocycles. The second kappa shape index (κ2) is 6.67. The van der Waals surface area contributed by atoms with Gasteiger partial charge >= 0.3 is 0 Å². The van der Waals surface area contributed by atoms with Gasteiger partial charge in [0.2, 0.25) is 15.9 Å². The summed E-state index contributed by atoms with van der Waals surface area (Å²) in [7, 11) is -0.537. The SMILES string of the molecule is CC(C(=O)N(C)C)S(=O)(=O)NC1CCCCC1CN. The molecule has 0 saturated heterocycles. The van der Waals surface area contributed by atoms with Crippen molar-refractivity contribution in [2.45, 2.75) is 43.9 Å². The van der Waals surface area contributed by atoms with Crippen LogP contribution in [0.4, 0.5) is 0 Å². The van der Waals surface area contributed by atoms with Crippen LogP contribution in [0.25, 0.3) is 0 Å². The van der Waals surface area contributed by atoms with Crippen molar-refractivity contribution in [3.05, 3.63) is 0 Å². The molecule has 112 valence electrons. The minimum absolute atomic E-state index is 0.138. The second-order valence-corrected chi connectivity index (χ2v) is 7.46. The molecule has 0 aromatic rings. The fraction of sp³-hybridized carbons (Fsp3) is 0.917. The summed E-state index contributed by atoms with van der Waals surface area (Å²) >= 11 is 0. The van der Waals surface area contributed by atoms with Gasteiger partial charge in [-0.15, -0.1) is 0 Å². The third-order valence-corrected chi connectivity index (χ3v) is 5.55. The smallest absolute Gasteiger partial charge is 0.241 e. The monoisotopic (exact) mass is 291 g/mol. The Kier molecular flexibility index (Phi) is 5.76. The molecule has 0 radical (unpaired) electrons. The van der Waals surface area contributed by atoms with E-state index >= 15 is 0 Å². The molecule has 1 fully saturated rings. The highest BCUT2D eigenvalue weighted by atomic mass is 32.2. The first kappa shape index (κ1) is 16.4. The number of nitrogens with zero attached hydrogens (tertiary/aromatic N) is 1. The summed E-state index contributed by atoms with van der Waals surface area (Å²) in [5.41, 5.74) is 5.69. The number of rotatable bonds is 5. The van der Waals surface area contributed by atoms with Crippen LogP contribution in [-0.2, 0) is 14.8 Å². The van der Waals surface area contributed by atoms with Gasteiger partial charge in [0.25, 0.3) is 0 Å². The molecule has 0 aromatic heterocycles. The molecule has 3 N–H and O–H groups in total. The maximum atomic E-state index is 12.2. The maximum absolute atomic E-state index is 12.2. The largest absolute Gasteiger partial charge is 0.348 e. The van der Waals surface area contributed by atoms with Gasteiger partial charge in [-0.1, -0.05) is 12.8 Å². The Morgan fingerprint density at radius 1 is 1.37 bits per heavy atom. The van der Waals surface area contributed by atoms with E-state index in [0.29, 0.717) is 6.54 Å². The molecule has 6 nitrogen and oxygen atoms in total. The van der Waals surface area contributed by atoms with E-state index in [9.17, 15) is 13.2 Å². The lowest BCUT2D eigenvalue weighted by atomic mass is 9.85. The summed E-state index contributed by atoms with van der Waals surface area (Å²) < 4.78 is 27.1. The van der Waals surface area contributed by atoms with E-state index in [2.05, 4.69) is 4.72 Å². The van der Waals surface area contributed by atoms with Crippen LogP contribution < -0.4 is 10.5 Å². The highest BCUT2D eigenvalue weighted by Gasteiger charge is 2.34. The maximum Gasteiger partial charge on any atom is 0.241 e. The van der Waals surface area contributed by atoms with Crippen LogP contribution in [-0.4, -0.2) is 51.2 Å². The van der Waals surface area contributed by atoms with Crippen molar-refractivity contribution < 1.29 is 13.2 Å². The lowest BCUT2D eigenvalue weighted by Crippen LogP contribution is -2.50. The molecule has 1 saturated carbocycles. The predicted octanol–water partition coefficient (Wildman–Crippen LogP) is -0.1000. The van der Waals surface area contributed by atoms with Gasteiger partial charge in [-0.3, -0.25) is 4.79 Å². The Balaban J connectivity index is 2.75. The van der Waals surface area contributed by atoms with Crippen molar-refractivity contribution in [1.29, 1.82) is 0 Å². The van der Waals surface area contributed by atoms with Crippen molar-refractivity contribution in [3.63, 3.8) is 0 Å². The number of carbonyl (C=O) groups is 1. The molecule has 1 amide bonds. The van der Waals surface area contributed by atoms with E-state index in [1.165, 1.54) is 11.8 Å². The second-order valence-electron chi connectivity index (χ2n) is 5.42. The lowest BCUT2D eigenvalue weighted by Gasteiger charge is -2.32. The number of carbonyl (C=O) groups excluding carboxylic acids is 1. The highest BCUT2D eigenvalue weighted by molar-refractivity contribution is 7.90. The summed E-state index contributed by atoms with van der Waals surface area (Å²) in [6.45, 7) is 1.90. The molecule has 1 aliphatic rings. The zero-order valence-electron chi connectivity index (χ0n) is 11.9. The van der Waals surface area contributed by atoms with E-state index in [0.717, 1.165) is 25.7 Å². The van der Waals surface area contributed by atoms with Crippen molar-refractivity contribution in [2.24, 2.45) is 11.7 Å². The lowest BCUT2D eigenvalue weighted by molar-refractivity contribution is -0.127. The van der Waals surface area contributed by atoms with Gasteiger partial charge in [-0.05, 0) is 32.2 Å². The fourth-order valence-electron chi connectivity index (χ4n) is 2.45. The Morgan fingerprint density at radius 2 is 1.95 bits per heavy atom. The van der Waals surface area contributed by atoms with Gasteiger partial charge in [0.05, 0.1) is 0 Å². The van der Waals surface area contributed by atoms with Crippen molar-refractivity contribution in [2.75, 3.05) is 20.6 Å². The number of sulfonamides is 1. The molecular formula is C12H25N3O3S. The number of hydrogen-bond donors (Lipinski definition) is 2. The molecular weight excluding hydrogens is 266 g/mol. The van der Waals surface area contributed by atoms with Gasteiger partial charge in [0, 0.05) is 20.1 Å². The van der Waals surface area contributed by atoms with Gasteiger partial charge in [0.15, 0.2) is 5.25 Å². The van der Waals surface area contributed by atoms with E-state index in [4.69, 9.17) is 5.73 Å². The van der Waals surface area contributed by atoms with Crippen LogP contribution in [0.15, 0.2) is 0 Å². The molecule has 7 heteroatoms. The van der Waals surface area contributed by atoms with Crippen LogP contribution >= 0.6 is 0 Å². The minimum Gasteiger partial charge on any atom is -0.348 e. The van der Waals surface area contributed by atoms with Gasteiger partial charge in [0.1, 0.15) is 0 Å². The Hall–Kier alpha value is -0.660. The van der Waals surface area contributed by atoms with Crippen LogP contribution in [0.3, 0.4) is 0 Å². The molecule has 1 rings (SSSR count). The molecule has 19 heavy (non-hydrogen) atoms. The summed E-state index contributed by atoms with van der Waals surface area (Å²) in [5.74, 6) is -0.238. The average molecular weight is 291 g/mol. The van der Waals surface area contributed by atoms with Crippen LogP contribution in [0.2, 0.25) is 0 Å². The molecule has 0 bridgehead atoms. The number of nitrogens with two attached hydrogens (primary N) is 1. The van der Waals surface area contributed by atoms with Crippen LogP contribution in [0.1, 0.15) is 32.6 Å². The number of nitrogens with one attached hydrogen (secondary N) is 1. The standard InChI is InChI=1S/C12H25N3O3S/c1-9(12(16)15(2)3)19(17,18)14-11-7-5-4-6-10(11)8-13/h9-11,14H,4-8,13H2,1-3H3. The predicted molar refractivity (Wildman–Crippen MR) is 75.0 cm³/mol.